The van der Waals surface area contributed by atoms with Gasteiger partial charge in [-0.15, -0.1) is 0 Å². The molecule has 11 heteroatoms. The highest BCUT2D eigenvalue weighted by Crippen LogP contribution is 2.53. The van der Waals surface area contributed by atoms with Crippen LogP contribution in [0.5, 0.6) is 5.75 Å². The molecule has 4 rings (SSSR count). The fourth-order valence-corrected chi connectivity index (χ4v) is 6.01. The van der Waals surface area contributed by atoms with E-state index in [9.17, 15) is 34.5 Å². The highest BCUT2D eigenvalue weighted by molar-refractivity contribution is 6.26. The maximum atomic E-state index is 14.0. The number of aliphatic hydroxyl groups is 3. The summed E-state index contributed by atoms with van der Waals surface area (Å²) in [6.07, 6.45) is 0.375. The molecule has 0 unspecified atom stereocenters. The highest BCUT2D eigenvalue weighted by Gasteiger charge is 2.64. The summed E-state index contributed by atoms with van der Waals surface area (Å²) in [4.78, 5) is 55.0. The first-order valence-electron chi connectivity index (χ1n) is 11.8. The first kappa shape index (κ1) is 26.4. The Labute approximate surface area is 214 Å². The van der Waals surface area contributed by atoms with Gasteiger partial charge in [0.15, 0.2) is 11.4 Å². The van der Waals surface area contributed by atoms with E-state index in [1.54, 1.807) is 20.2 Å². The number of carbonyl (C=O) groups excluding carboxylic acids is 4. The molecule has 3 aliphatic carbocycles. The Balaban J connectivity index is 1.98. The minimum Gasteiger partial charge on any atom is -0.508 e. The van der Waals surface area contributed by atoms with Gasteiger partial charge in [-0.25, -0.2) is 0 Å². The standard InChI is InChI=1S/C26H31N3O8/c1-11(30)27-25(35)19-22(32)20(29(4)5)14-10-12-9-13-15(28(2)3)7-8-16(37-6)18(13)21(31)17(12)23(33)26(14,36)24(19)34/h7-8,12,14,20,31,34,36H,9-10H2,1-6H3,(H,27,30,35)/t12-,14-,20-,26-/m0/s1. The zero-order valence-electron chi connectivity index (χ0n) is 21.6. The average molecular weight is 514 g/mol. The number of carbonyl (C=O) groups is 4. The van der Waals surface area contributed by atoms with E-state index in [0.29, 0.717) is 17.7 Å². The quantitative estimate of drug-likeness (QED) is 0.418. The van der Waals surface area contributed by atoms with Crippen LogP contribution >= 0.6 is 0 Å². The van der Waals surface area contributed by atoms with E-state index in [0.717, 1.165) is 18.2 Å². The summed E-state index contributed by atoms with van der Waals surface area (Å²) in [5.41, 5.74) is -1.77. The van der Waals surface area contributed by atoms with Crippen LogP contribution in [0.25, 0.3) is 5.76 Å². The van der Waals surface area contributed by atoms with E-state index in [1.807, 2.05) is 30.4 Å². The summed E-state index contributed by atoms with van der Waals surface area (Å²) in [7, 11) is 8.25. The number of nitrogens with zero attached hydrogens (tertiary/aromatic N) is 2. The number of aliphatic hydroxyl groups excluding tert-OH is 2. The molecule has 1 fully saturated rings. The van der Waals surface area contributed by atoms with Crippen molar-refractivity contribution in [3.8, 4) is 5.75 Å². The van der Waals surface area contributed by atoms with Gasteiger partial charge < -0.3 is 25.0 Å². The Morgan fingerprint density at radius 1 is 1.14 bits per heavy atom. The lowest BCUT2D eigenvalue weighted by Crippen LogP contribution is -2.66. The number of nitrogens with one attached hydrogen (secondary N) is 1. The predicted molar refractivity (Wildman–Crippen MR) is 133 cm³/mol. The van der Waals surface area contributed by atoms with Gasteiger partial charge in [0.25, 0.3) is 5.91 Å². The molecule has 37 heavy (non-hydrogen) atoms. The number of Topliss-reactive ketones (excluding diaryl/α,β-unsaturated/α-hetero) is 2. The molecule has 0 heterocycles. The van der Waals surface area contributed by atoms with E-state index in [2.05, 4.69) is 0 Å². The van der Waals surface area contributed by atoms with E-state index in [1.165, 1.54) is 12.0 Å². The smallest absolute Gasteiger partial charge is 0.265 e. The molecule has 0 aromatic heterocycles. The van der Waals surface area contributed by atoms with Gasteiger partial charge in [0, 0.05) is 38.2 Å². The Hall–Kier alpha value is -3.70. The number of likely N-dealkylation sites (N-methyl/N-ethyl adjacent to an activating group) is 1. The molecule has 0 spiro atoms. The maximum absolute atomic E-state index is 14.0. The molecule has 0 saturated heterocycles. The molecule has 0 bridgehead atoms. The summed E-state index contributed by atoms with van der Waals surface area (Å²) in [5.74, 6) is -6.68. The molecule has 2 amide bonds. The molecule has 1 saturated carbocycles. The molecule has 4 N–H and O–H groups in total. The molecule has 11 nitrogen and oxygen atoms in total. The van der Waals surface area contributed by atoms with Crippen LogP contribution in [0, 0.1) is 11.8 Å². The first-order valence-corrected chi connectivity index (χ1v) is 11.8. The molecule has 1 aromatic rings. The van der Waals surface area contributed by atoms with Gasteiger partial charge in [-0.3, -0.25) is 29.4 Å². The number of benzene rings is 1. The number of fused-ring (bicyclic) bond motifs is 3. The van der Waals surface area contributed by atoms with Crippen molar-refractivity contribution >= 4 is 34.8 Å². The second-order valence-electron chi connectivity index (χ2n) is 10.1. The number of hydrogen-bond acceptors (Lipinski definition) is 10. The number of hydrogen-bond donors (Lipinski definition) is 4. The second-order valence-corrected chi connectivity index (χ2v) is 10.1. The first-order chi connectivity index (χ1) is 17.3. The number of imide groups is 1. The van der Waals surface area contributed by atoms with Crippen LogP contribution in [0.3, 0.4) is 0 Å². The normalized spacial score (nSPS) is 27.0. The number of ether oxygens (including phenoxy) is 1. The monoisotopic (exact) mass is 513 g/mol. The Kier molecular flexibility index (Phi) is 6.41. The van der Waals surface area contributed by atoms with Crippen LogP contribution in [0.2, 0.25) is 0 Å². The van der Waals surface area contributed by atoms with Crippen molar-refractivity contribution in [1.82, 2.24) is 10.2 Å². The van der Waals surface area contributed by atoms with Crippen molar-refractivity contribution in [3.05, 3.63) is 40.2 Å². The molecular weight excluding hydrogens is 482 g/mol. The SMILES string of the molecule is COc1ccc(N(C)C)c2c1C(O)=C1C(=O)[C@]3(O)C(O)=C(C(=O)NC(C)=O)C(=O)[C@@H](N(C)C)[C@@H]3C[C@@H]1C2. The topological polar surface area (TPSA) is 157 Å². The minimum atomic E-state index is -2.67. The number of methoxy groups -OCH3 is 1. The summed E-state index contributed by atoms with van der Waals surface area (Å²) in [6.45, 7) is 1.05. The van der Waals surface area contributed by atoms with Gasteiger partial charge in [-0.1, -0.05) is 0 Å². The molecular formula is C26H31N3O8. The van der Waals surface area contributed by atoms with E-state index in [-0.39, 0.29) is 17.8 Å². The fraction of sp³-hybridized carbons (Fsp3) is 0.462. The maximum Gasteiger partial charge on any atom is 0.265 e. The van der Waals surface area contributed by atoms with Crippen LogP contribution in [0.1, 0.15) is 24.5 Å². The number of ketones is 2. The van der Waals surface area contributed by atoms with Gasteiger partial charge in [0.05, 0.1) is 18.7 Å². The summed E-state index contributed by atoms with van der Waals surface area (Å²) in [6, 6.07) is 2.36. The van der Waals surface area contributed by atoms with Gasteiger partial charge >= 0.3 is 0 Å². The summed E-state index contributed by atoms with van der Waals surface area (Å²) < 4.78 is 5.45. The van der Waals surface area contributed by atoms with Crippen LogP contribution < -0.4 is 15.0 Å². The number of amides is 2. The third kappa shape index (κ3) is 3.72. The molecule has 4 atom stereocenters. The number of rotatable bonds is 4. The van der Waals surface area contributed by atoms with Gasteiger partial charge in [-0.05, 0) is 50.6 Å². The van der Waals surface area contributed by atoms with Crippen molar-refractivity contribution < 1.29 is 39.2 Å². The predicted octanol–water partition coefficient (Wildman–Crippen LogP) is 0.510. The largest absolute Gasteiger partial charge is 0.508 e. The molecule has 1 aromatic carbocycles. The van der Waals surface area contributed by atoms with Crippen LogP contribution in [-0.4, -0.2) is 90.5 Å². The zero-order chi connectivity index (χ0) is 27.6. The van der Waals surface area contributed by atoms with Crippen molar-refractivity contribution in [2.24, 2.45) is 11.8 Å². The molecule has 3 aliphatic rings. The van der Waals surface area contributed by atoms with E-state index in [4.69, 9.17) is 4.74 Å². The van der Waals surface area contributed by atoms with Crippen molar-refractivity contribution in [2.45, 2.75) is 31.4 Å². The van der Waals surface area contributed by atoms with Crippen molar-refractivity contribution in [2.75, 3.05) is 40.2 Å². The highest BCUT2D eigenvalue weighted by atomic mass is 16.5. The average Bonchev–Trinajstić information content (AvgIpc) is 2.80. The molecule has 0 radical (unpaired) electrons. The Morgan fingerprint density at radius 2 is 1.78 bits per heavy atom. The van der Waals surface area contributed by atoms with E-state index >= 15 is 0 Å². The summed E-state index contributed by atoms with van der Waals surface area (Å²) >= 11 is 0. The Bertz CT molecular complexity index is 1290. The third-order valence-corrected chi connectivity index (χ3v) is 7.54. The lowest BCUT2D eigenvalue weighted by molar-refractivity contribution is -0.153. The van der Waals surface area contributed by atoms with Crippen LogP contribution in [0.15, 0.2) is 29.0 Å². The lowest BCUT2D eigenvalue weighted by Gasteiger charge is -2.50. The van der Waals surface area contributed by atoms with Crippen molar-refractivity contribution in [3.63, 3.8) is 0 Å². The number of anilines is 1. The fourth-order valence-electron chi connectivity index (χ4n) is 6.01. The molecule has 0 aliphatic heterocycles. The van der Waals surface area contributed by atoms with Gasteiger partial charge in [0.1, 0.15) is 22.8 Å². The molecule has 198 valence electrons. The van der Waals surface area contributed by atoms with Crippen molar-refractivity contribution in [1.29, 1.82) is 0 Å². The summed E-state index contributed by atoms with van der Waals surface area (Å²) in [5, 5.41) is 36.2. The van der Waals surface area contributed by atoms with Crippen LogP contribution in [0.4, 0.5) is 5.69 Å². The minimum absolute atomic E-state index is 0.0609. The Morgan fingerprint density at radius 3 is 2.32 bits per heavy atom. The van der Waals surface area contributed by atoms with E-state index < -0.39 is 58.2 Å². The van der Waals surface area contributed by atoms with Crippen LogP contribution in [-0.2, 0) is 25.6 Å². The third-order valence-electron chi connectivity index (χ3n) is 7.54. The zero-order valence-corrected chi connectivity index (χ0v) is 21.6. The van der Waals surface area contributed by atoms with Gasteiger partial charge in [-0.2, -0.15) is 0 Å². The second kappa shape index (κ2) is 9.00. The van der Waals surface area contributed by atoms with Gasteiger partial charge in [0.2, 0.25) is 11.7 Å². The lowest BCUT2D eigenvalue weighted by atomic mass is 9.57.